The molecule has 0 aliphatic carbocycles. The van der Waals surface area contributed by atoms with Crippen LogP contribution in [0.3, 0.4) is 0 Å². The van der Waals surface area contributed by atoms with Crippen molar-refractivity contribution in [3.63, 3.8) is 0 Å². The zero-order valence-corrected chi connectivity index (χ0v) is 7.98. The number of benzene rings is 1. The summed E-state index contributed by atoms with van der Waals surface area (Å²) in [4.78, 5) is 0. The van der Waals surface area contributed by atoms with Crippen LogP contribution in [-0.2, 0) is 16.1 Å². The minimum atomic E-state index is 0.134. The van der Waals surface area contributed by atoms with E-state index >= 15 is 0 Å². The zero-order valence-electron chi connectivity index (χ0n) is 7.98. The van der Waals surface area contributed by atoms with Crippen molar-refractivity contribution in [2.75, 3.05) is 19.8 Å². The molecule has 0 amide bonds. The van der Waals surface area contributed by atoms with Gasteiger partial charge in [0.05, 0.1) is 25.9 Å². The molecule has 14 heavy (non-hydrogen) atoms. The number of hydrogen-bond donors (Lipinski definition) is 0. The van der Waals surface area contributed by atoms with Crippen LogP contribution in [0.4, 0.5) is 0 Å². The van der Waals surface area contributed by atoms with Crippen LogP contribution in [0.2, 0.25) is 0 Å². The summed E-state index contributed by atoms with van der Waals surface area (Å²) in [7, 11) is 0. The normalized spacial score (nSPS) is 9.64. The van der Waals surface area contributed by atoms with E-state index in [-0.39, 0.29) is 6.61 Å². The van der Waals surface area contributed by atoms with E-state index < -0.39 is 0 Å². The second-order valence-corrected chi connectivity index (χ2v) is 2.75. The molecular formula is C11H13NO2. The minimum absolute atomic E-state index is 0.134. The largest absolute Gasteiger partial charge is 0.374 e. The van der Waals surface area contributed by atoms with Crippen LogP contribution in [-0.4, -0.2) is 19.8 Å². The van der Waals surface area contributed by atoms with Gasteiger partial charge in [-0.2, -0.15) is 5.26 Å². The molecule has 0 saturated heterocycles. The number of nitriles is 1. The molecule has 0 N–H and O–H groups in total. The first-order chi connectivity index (χ1) is 6.93. The molecular weight excluding hydrogens is 178 g/mol. The van der Waals surface area contributed by atoms with Gasteiger partial charge in [-0.3, -0.25) is 0 Å². The van der Waals surface area contributed by atoms with Crippen LogP contribution in [0.1, 0.15) is 5.56 Å². The number of rotatable bonds is 6. The Balaban J connectivity index is 2.03. The first kappa shape index (κ1) is 10.7. The van der Waals surface area contributed by atoms with Crippen molar-refractivity contribution < 1.29 is 9.47 Å². The molecule has 1 rings (SSSR count). The van der Waals surface area contributed by atoms with Crippen LogP contribution >= 0.6 is 0 Å². The molecule has 0 heterocycles. The Labute approximate surface area is 83.9 Å². The summed E-state index contributed by atoms with van der Waals surface area (Å²) in [6.07, 6.45) is 0. The molecule has 3 heteroatoms. The number of ether oxygens (including phenoxy) is 2. The highest BCUT2D eigenvalue weighted by Crippen LogP contribution is 1.99. The first-order valence-electron chi connectivity index (χ1n) is 4.50. The van der Waals surface area contributed by atoms with Crippen molar-refractivity contribution in [3.05, 3.63) is 35.9 Å². The van der Waals surface area contributed by atoms with Crippen molar-refractivity contribution in [2.45, 2.75) is 6.61 Å². The topological polar surface area (TPSA) is 42.2 Å². The fourth-order valence-electron chi connectivity index (χ4n) is 1.000. The lowest BCUT2D eigenvalue weighted by atomic mass is 10.2. The average molecular weight is 191 g/mol. The van der Waals surface area contributed by atoms with Crippen molar-refractivity contribution >= 4 is 0 Å². The lowest BCUT2D eigenvalue weighted by Gasteiger charge is -2.03. The van der Waals surface area contributed by atoms with Crippen molar-refractivity contribution in [1.29, 1.82) is 5.26 Å². The van der Waals surface area contributed by atoms with Crippen LogP contribution in [0.5, 0.6) is 0 Å². The Morgan fingerprint density at radius 1 is 1.07 bits per heavy atom. The Kier molecular flexibility index (Phi) is 5.41. The first-order valence-corrected chi connectivity index (χ1v) is 4.50. The molecule has 0 atom stereocenters. The van der Waals surface area contributed by atoms with E-state index in [4.69, 9.17) is 14.7 Å². The molecule has 0 saturated carbocycles. The van der Waals surface area contributed by atoms with Crippen LogP contribution in [0.15, 0.2) is 30.3 Å². The second-order valence-electron chi connectivity index (χ2n) is 2.75. The summed E-state index contributed by atoms with van der Waals surface area (Å²) in [5, 5.41) is 8.18. The lowest BCUT2D eigenvalue weighted by molar-refractivity contribution is 0.0516. The molecule has 0 aliphatic heterocycles. The van der Waals surface area contributed by atoms with Gasteiger partial charge in [-0.1, -0.05) is 30.3 Å². The van der Waals surface area contributed by atoms with Gasteiger partial charge in [0.2, 0.25) is 0 Å². The maximum absolute atomic E-state index is 8.18. The number of hydrogen-bond acceptors (Lipinski definition) is 3. The Bertz CT molecular complexity index is 279. The molecule has 0 fully saturated rings. The van der Waals surface area contributed by atoms with Crippen LogP contribution in [0, 0.1) is 11.3 Å². The molecule has 74 valence electrons. The maximum atomic E-state index is 8.18. The van der Waals surface area contributed by atoms with E-state index in [1.165, 1.54) is 0 Å². The van der Waals surface area contributed by atoms with Gasteiger partial charge in [-0.25, -0.2) is 0 Å². The van der Waals surface area contributed by atoms with Gasteiger partial charge < -0.3 is 9.47 Å². The highest BCUT2D eigenvalue weighted by molar-refractivity contribution is 5.13. The fourth-order valence-corrected chi connectivity index (χ4v) is 1.000. The molecule has 0 unspecified atom stereocenters. The smallest absolute Gasteiger partial charge is 0.133 e. The lowest BCUT2D eigenvalue weighted by Crippen LogP contribution is -2.04. The summed E-state index contributed by atoms with van der Waals surface area (Å²) in [5.41, 5.74) is 1.15. The molecule has 1 aromatic rings. The van der Waals surface area contributed by atoms with E-state index in [0.29, 0.717) is 19.8 Å². The predicted octanol–water partition coefficient (Wildman–Crippen LogP) is 1.74. The summed E-state index contributed by atoms with van der Waals surface area (Å²) in [5.74, 6) is 0. The fraction of sp³-hybridized carbons (Fsp3) is 0.364. The average Bonchev–Trinajstić information content (AvgIpc) is 2.25. The molecule has 0 aliphatic rings. The Hall–Kier alpha value is -1.37. The van der Waals surface area contributed by atoms with Gasteiger partial charge in [0.1, 0.15) is 6.61 Å². The van der Waals surface area contributed by atoms with Crippen molar-refractivity contribution in [1.82, 2.24) is 0 Å². The molecule has 1 aromatic carbocycles. The molecule has 3 nitrogen and oxygen atoms in total. The Morgan fingerprint density at radius 2 is 1.79 bits per heavy atom. The van der Waals surface area contributed by atoms with Crippen molar-refractivity contribution in [2.24, 2.45) is 0 Å². The second kappa shape index (κ2) is 7.07. The van der Waals surface area contributed by atoms with Gasteiger partial charge in [-0.05, 0) is 5.56 Å². The quantitative estimate of drug-likeness (QED) is 0.643. The van der Waals surface area contributed by atoms with Crippen LogP contribution in [0.25, 0.3) is 0 Å². The monoisotopic (exact) mass is 191 g/mol. The Morgan fingerprint density at radius 3 is 2.50 bits per heavy atom. The molecule has 0 spiro atoms. The van der Waals surface area contributed by atoms with E-state index in [1.54, 1.807) is 0 Å². The van der Waals surface area contributed by atoms with Gasteiger partial charge in [0.15, 0.2) is 0 Å². The summed E-state index contributed by atoms with van der Waals surface area (Å²) < 4.78 is 10.3. The molecule has 0 aromatic heterocycles. The summed E-state index contributed by atoms with van der Waals surface area (Å²) >= 11 is 0. The van der Waals surface area contributed by atoms with E-state index in [2.05, 4.69) is 0 Å². The van der Waals surface area contributed by atoms with Gasteiger partial charge in [-0.15, -0.1) is 0 Å². The standard InChI is InChI=1S/C11H13NO2/c12-6-7-13-8-9-14-10-11-4-2-1-3-5-11/h1-5H,7-10H2. The minimum Gasteiger partial charge on any atom is -0.374 e. The van der Waals surface area contributed by atoms with Crippen LogP contribution < -0.4 is 0 Å². The number of nitrogens with zero attached hydrogens (tertiary/aromatic N) is 1. The maximum Gasteiger partial charge on any atom is 0.133 e. The SMILES string of the molecule is N#CCOCCOCc1ccccc1. The molecule has 0 radical (unpaired) electrons. The third-order valence-corrected chi connectivity index (χ3v) is 1.65. The van der Waals surface area contributed by atoms with Gasteiger partial charge in [0, 0.05) is 0 Å². The van der Waals surface area contributed by atoms with E-state index in [9.17, 15) is 0 Å². The van der Waals surface area contributed by atoms with Gasteiger partial charge in [0.25, 0.3) is 0 Å². The van der Waals surface area contributed by atoms with Gasteiger partial charge >= 0.3 is 0 Å². The zero-order chi connectivity index (χ0) is 10.1. The highest BCUT2D eigenvalue weighted by Gasteiger charge is 1.91. The molecule has 0 bridgehead atoms. The van der Waals surface area contributed by atoms with Crippen molar-refractivity contribution in [3.8, 4) is 6.07 Å². The third kappa shape index (κ3) is 4.61. The van der Waals surface area contributed by atoms with E-state index in [1.807, 2.05) is 36.4 Å². The van der Waals surface area contributed by atoms with E-state index in [0.717, 1.165) is 5.56 Å². The predicted molar refractivity (Wildman–Crippen MR) is 52.5 cm³/mol. The summed E-state index contributed by atoms with van der Waals surface area (Å²) in [6, 6.07) is 11.8. The highest BCUT2D eigenvalue weighted by atomic mass is 16.5. The third-order valence-electron chi connectivity index (χ3n) is 1.65. The summed E-state index contributed by atoms with van der Waals surface area (Å²) in [6.45, 7) is 1.72.